The third-order valence-corrected chi connectivity index (χ3v) is 3.66. The van der Waals surface area contributed by atoms with Crippen molar-refractivity contribution in [2.45, 2.75) is 46.1 Å². The van der Waals surface area contributed by atoms with E-state index in [1.165, 1.54) is 0 Å². The smallest absolute Gasteiger partial charge is 0.211 e. The predicted molar refractivity (Wildman–Crippen MR) is 62.2 cm³/mol. The third-order valence-electron chi connectivity index (χ3n) is 2.31. The van der Waals surface area contributed by atoms with Crippen LogP contribution in [0.2, 0.25) is 0 Å². The molecule has 15 heavy (non-hydrogen) atoms. The molecule has 0 saturated heterocycles. The zero-order valence-corrected chi connectivity index (χ0v) is 10.9. The molecule has 0 aromatic carbocycles. The molecule has 0 rings (SSSR count). The van der Waals surface area contributed by atoms with Crippen molar-refractivity contribution in [2.75, 3.05) is 12.3 Å². The fourth-order valence-electron chi connectivity index (χ4n) is 1.06. The molecule has 0 radical (unpaired) electrons. The van der Waals surface area contributed by atoms with Gasteiger partial charge in [-0.15, -0.1) is 0 Å². The monoisotopic (exact) mass is 237 g/mol. The maximum atomic E-state index is 11.2. The third kappa shape index (κ3) is 7.76. The molecule has 0 heterocycles. The van der Waals surface area contributed by atoms with Gasteiger partial charge in [0, 0.05) is 6.54 Å². The molecule has 1 unspecified atom stereocenters. The van der Waals surface area contributed by atoms with Crippen LogP contribution in [0.4, 0.5) is 0 Å². The Kier molecular flexibility index (Phi) is 5.77. The van der Waals surface area contributed by atoms with E-state index < -0.39 is 15.6 Å². The molecule has 0 bridgehead atoms. The molecule has 0 aliphatic heterocycles. The van der Waals surface area contributed by atoms with Gasteiger partial charge in [0.2, 0.25) is 10.0 Å². The van der Waals surface area contributed by atoms with Gasteiger partial charge >= 0.3 is 0 Å². The van der Waals surface area contributed by atoms with Crippen LogP contribution in [-0.2, 0) is 10.0 Å². The maximum Gasteiger partial charge on any atom is 0.211 e. The van der Waals surface area contributed by atoms with Gasteiger partial charge in [-0.1, -0.05) is 13.8 Å². The van der Waals surface area contributed by atoms with Gasteiger partial charge < -0.3 is 5.11 Å². The van der Waals surface area contributed by atoms with Crippen molar-refractivity contribution in [2.24, 2.45) is 5.92 Å². The summed E-state index contributed by atoms with van der Waals surface area (Å²) < 4.78 is 24.7. The van der Waals surface area contributed by atoms with E-state index in [4.69, 9.17) is 0 Å². The number of sulfonamides is 1. The summed E-state index contributed by atoms with van der Waals surface area (Å²) >= 11 is 0. The van der Waals surface area contributed by atoms with E-state index in [2.05, 4.69) is 18.6 Å². The quantitative estimate of drug-likeness (QED) is 0.697. The van der Waals surface area contributed by atoms with E-state index in [1.54, 1.807) is 13.8 Å². The molecule has 0 saturated carbocycles. The van der Waals surface area contributed by atoms with Crippen LogP contribution in [0.3, 0.4) is 0 Å². The van der Waals surface area contributed by atoms with Crippen LogP contribution in [0, 0.1) is 5.92 Å². The maximum absolute atomic E-state index is 11.2. The molecule has 0 aromatic rings. The SMILES string of the molecule is CCS(=O)(=O)NCC(C)(O)CCC(C)C. The van der Waals surface area contributed by atoms with Crippen LogP contribution in [-0.4, -0.2) is 31.4 Å². The fourth-order valence-corrected chi connectivity index (χ4v) is 1.79. The number of rotatable bonds is 7. The molecular formula is C10H23NO3S. The molecule has 4 nitrogen and oxygen atoms in total. The lowest BCUT2D eigenvalue weighted by Crippen LogP contribution is -2.41. The zero-order chi connectivity index (χ0) is 12.1. The lowest BCUT2D eigenvalue weighted by molar-refractivity contribution is 0.0506. The highest BCUT2D eigenvalue weighted by atomic mass is 32.2. The minimum absolute atomic E-state index is 0.0489. The molecule has 92 valence electrons. The Morgan fingerprint density at radius 3 is 2.33 bits per heavy atom. The van der Waals surface area contributed by atoms with Crippen molar-refractivity contribution in [1.82, 2.24) is 4.72 Å². The van der Waals surface area contributed by atoms with Crippen LogP contribution in [0.1, 0.15) is 40.5 Å². The van der Waals surface area contributed by atoms with Crippen molar-refractivity contribution >= 4 is 10.0 Å². The molecule has 5 heteroatoms. The molecule has 0 amide bonds. The van der Waals surface area contributed by atoms with Crippen LogP contribution in [0.25, 0.3) is 0 Å². The Morgan fingerprint density at radius 2 is 1.93 bits per heavy atom. The fraction of sp³-hybridized carbons (Fsp3) is 1.00. The number of nitrogens with one attached hydrogen (secondary N) is 1. The Labute approximate surface area is 93.1 Å². The van der Waals surface area contributed by atoms with Crippen LogP contribution in [0.5, 0.6) is 0 Å². The van der Waals surface area contributed by atoms with Crippen LogP contribution < -0.4 is 4.72 Å². The summed E-state index contributed by atoms with van der Waals surface area (Å²) in [5.41, 5.74) is -0.952. The van der Waals surface area contributed by atoms with Gasteiger partial charge in [0.15, 0.2) is 0 Å². The first-order valence-corrected chi connectivity index (χ1v) is 7.03. The van der Waals surface area contributed by atoms with Crippen LogP contribution in [0.15, 0.2) is 0 Å². The van der Waals surface area contributed by atoms with Crippen molar-refractivity contribution in [3.8, 4) is 0 Å². The second kappa shape index (κ2) is 5.82. The van der Waals surface area contributed by atoms with Crippen molar-refractivity contribution < 1.29 is 13.5 Å². The first-order chi connectivity index (χ1) is 6.68. The van der Waals surface area contributed by atoms with E-state index in [0.717, 1.165) is 6.42 Å². The molecule has 0 aliphatic rings. The summed E-state index contributed by atoms with van der Waals surface area (Å²) in [5.74, 6) is 0.562. The standard InChI is InChI=1S/C10H23NO3S/c1-5-15(13,14)11-8-10(4,12)7-6-9(2)3/h9,11-12H,5-8H2,1-4H3. The number of hydrogen-bond donors (Lipinski definition) is 2. The normalized spacial score (nSPS) is 16.7. The average Bonchev–Trinajstić information content (AvgIpc) is 2.13. The predicted octanol–water partition coefficient (Wildman–Crippen LogP) is 1.11. The number of aliphatic hydroxyl groups is 1. The Bertz CT molecular complexity index is 270. The molecule has 0 aliphatic carbocycles. The summed E-state index contributed by atoms with van der Waals surface area (Å²) in [6, 6.07) is 0. The lowest BCUT2D eigenvalue weighted by Gasteiger charge is -2.24. The largest absolute Gasteiger partial charge is 0.389 e. The average molecular weight is 237 g/mol. The molecular weight excluding hydrogens is 214 g/mol. The van der Waals surface area contributed by atoms with Gasteiger partial charge in [-0.3, -0.25) is 0 Å². The van der Waals surface area contributed by atoms with E-state index in [1.807, 2.05) is 0 Å². The lowest BCUT2D eigenvalue weighted by atomic mass is 9.96. The van der Waals surface area contributed by atoms with Gasteiger partial charge in [0.25, 0.3) is 0 Å². The van der Waals surface area contributed by atoms with E-state index in [9.17, 15) is 13.5 Å². The first kappa shape index (κ1) is 14.9. The van der Waals surface area contributed by atoms with Crippen LogP contribution >= 0.6 is 0 Å². The van der Waals surface area contributed by atoms with Crippen molar-refractivity contribution in [3.05, 3.63) is 0 Å². The molecule has 0 spiro atoms. The van der Waals surface area contributed by atoms with Gasteiger partial charge in [-0.2, -0.15) is 0 Å². The van der Waals surface area contributed by atoms with Crippen molar-refractivity contribution in [3.63, 3.8) is 0 Å². The Balaban J connectivity index is 4.04. The summed E-state index contributed by atoms with van der Waals surface area (Å²) in [4.78, 5) is 0. The van der Waals surface area contributed by atoms with Gasteiger partial charge in [-0.05, 0) is 32.6 Å². The first-order valence-electron chi connectivity index (χ1n) is 5.38. The Hall–Kier alpha value is -0.130. The minimum atomic E-state index is -3.20. The summed E-state index contributed by atoms with van der Waals surface area (Å²) in [5, 5.41) is 9.90. The van der Waals surface area contributed by atoms with Gasteiger partial charge in [0.05, 0.1) is 11.4 Å². The minimum Gasteiger partial charge on any atom is -0.389 e. The highest BCUT2D eigenvalue weighted by Crippen LogP contribution is 2.15. The second-order valence-electron chi connectivity index (χ2n) is 4.65. The molecule has 2 N–H and O–H groups in total. The van der Waals surface area contributed by atoms with E-state index in [0.29, 0.717) is 12.3 Å². The molecule has 0 fully saturated rings. The van der Waals surface area contributed by atoms with E-state index in [-0.39, 0.29) is 12.3 Å². The summed E-state index contributed by atoms with van der Waals surface area (Å²) in [7, 11) is -3.20. The second-order valence-corrected chi connectivity index (χ2v) is 6.75. The highest BCUT2D eigenvalue weighted by molar-refractivity contribution is 7.89. The highest BCUT2D eigenvalue weighted by Gasteiger charge is 2.22. The molecule has 1 atom stereocenters. The summed E-state index contributed by atoms with van der Waals surface area (Å²) in [6.45, 7) is 7.48. The number of hydrogen-bond acceptors (Lipinski definition) is 3. The topological polar surface area (TPSA) is 66.4 Å². The van der Waals surface area contributed by atoms with Gasteiger partial charge in [-0.25, -0.2) is 13.1 Å². The van der Waals surface area contributed by atoms with Gasteiger partial charge in [0.1, 0.15) is 0 Å². The van der Waals surface area contributed by atoms with Crippen molar-refractivity contribution in [1.29, 1.82) is 0 Å². The zero-order valence-electron chi connectivity index (χ0n) is 10.1. The Morgan fingerprint density at radius 1 is 1.40 bits per heavy atom. The molecule has 0 aromatic heterocycles. The van der Waals surface area contributed by atoms with E-state index >= 15 is 0 Å². The summed E-state index contributed by atoms with van der Waals surface area (Å²) in [6.07, 6.45) is 1.50.